The highest BCUT2D eigenvalue weighted by Crippen LogP contribution is 2.00. The monoisotopic (exact) mass is 324 g/mol. The summed E-state index contributed by atoms with van der Waals surface area (Å²) in [6, 6.07) is 0. The van der Waals surface area contributed by atoms with E-state index in [0.717, 1.165) is 0 Å². The maximum atomic E-state index is 11.4. The molecule has 0 fully saturated rings. The molecule has 1 aromatic rings. The number of hydrogen-bond donors (Lipinski definition) is 1. The van der Waals surface area contributed by atoms with Gasteiger partial charge in [0.15, 0.2) is 0 Å². The van der Waals surface area contributed by atoms with E-state index >= 15 is 0 Å². The van der Waals surface area contributed by atoms with E-state index in [2.05, 4.69) is 20.9 Å². The molecule has 0 atom stereocenters. The van der Waals surface area contributed by atoms with Crippen molar-refractivity contribution in [1.82, 2.24) is 9.55 Å². The Balaban J connectivity index is 2.75. The highest BCUT2D eigenvalue weighted by atomic mass is 79.9. The molecule has 6 nitrogen and oxygen atoms in total. The molecule has 17 heavy (non-hydrogen) atoms. The average Bonchev–Trinajstić information content (AvgIpc) is 2.25. The van der Waals surface area contributed by atoms with Crippen molar-refractivity contribution in [3.05, 3.63) is 31.5 Å². The zero-order chi connectivity index (χ0) is 13.1. The summed E-state index contributed by atoms with van der Waals surface area (Å²) in [7, 11) is -3.02. The van der Waals surface area contributed by atoms with Gasteiger partial charge < -0.3 is 0 Å². The minimum absolute atomic E-state index is 0.0344. The average molecular weight is 325 g/mol. The number of rotatable bonds is 5. The van der Waals surface area contributed by atoms with Gasteiger partial charge in [-0.2, -0.15) is 0 Å². The van der Waals surface area contributed by atoms with Crippen LogP contribution in [0.15, 0.2) is 20.3 Å². The van der Waals surface area contributed by atoms with Crippen molar-refractivity contribution >= 4 is 25.8 Å². The van der Waals surface area contributed by atoms with Crippen molar-refractivity contribution in [3.63, 3.8) is 0 Å². The van der Waals surface area contributed by atoms with Crippen LogP contribution in [0.4, 0.5) is 0 Å². The molecule has 0 unspecified atom stereocenters. The highest BCUT2D eigenvalue weighted by molar-refractivity contribution is 9.10. The lowest BCUT2D eigenvalue weighted by Crippen LogP contribution is -2.30. The Morgan fingerprint density at radius 1 is 1.41 bits per heavy atom. The van der Waals surface area contributed by atoms with Crippen LogP contribution in [-0.2, 0) is 16.4 Å². The quantitative estimate of drug-likeness (QED) is 0.833. The molecule has 0 aliphatic carbocycles. The lowest BCUT2D eigenvalue weighted by Gasteiger charge is -2.05. The second-order valence-corrected chi connectivity index (χ2v) is 6.85. The van der Waals surface area contributed by atoms with E-state index in [1.807, 2.05) is 0 Å². The summed E-state index contributed by atoms with van der Waals surface area (Å²) in [4.78, 5) is 24.5. The first-order chi connectivity index (χ1) is 7.85. The number of aryl methyl sites for hydroxylation is 1. The Bertz CT molecular complexity index is 602. The van der Waals surface area contributed by atoms with Crippen LogP contribution in [0.1, 0.15) is 13.3 Å². The van der Waals surface area contributed by atoms with Crippen LogP contribution in [-0.4, -0.2) is 29.5 Å². The molecule has 0 spiro atoms. The number of aromatic nitrogens is 2. The van der Waals surface area contributed by atoms with Gasteiger partial charge in [-0.05, 0) is 22.4 Å². The molecule has 0 aromatic carbocycles. The minimum atomic E-state index is -3.02. The molecule has 0 aliphatic rings. The van der Waals surface area contributed by atoms with Crippen LogP contribution in [0, 0.1) is 0 Å². The maximum Gasteiger partial charge on any atom is 0.328 e. The normalized spacial score (nSPS) is 11.6. The van der Waals surface area contributed by atoms with Crippen LogP contribution in [0.2, 0.25) is 0 Å². The first kappa shape index (κ1) is 14.2. The van der Waals surface area contributed by atoms with Gasteiger partial charge in [0.05, 0.1) is 10.2 Å². The first-order valence-corrected chi connectivity index (χ1v) is 7.67. The Kier molecular flexibility index (Phi) is 4.70. The smallest absolute Gasteiger partial charge is 0.299 e. The van der Waals surface area contributed by atoms with Gasteiger partial charge in [-0.3, -0.25) is 14.3 Å². The highest BCUT2D eigenvalue weighted by Gasteiger charge is 2.08. The Morgan fingerprint density at radius 2 is 2.06 bits per heavy atom. The van der Waals surface area contributed by atoms with Gasteiger partial charge in [0.1, 0.15) is 9.84 Å². The molecule has 1 aromatic heterocycles. The van der Waals surface area contributed by atoms with Crippen molar-refractivity contribution in [2.24, 2.45) is 0 Å². The summed E-state index contributed by atoms with van der Waals surface area (Å²) < 4.78 is 24.0. The molecular formula is C9H13BrN2O4S. The van der Waals surface area contributed by atoms with Crippen LogP contribution in [0.3, 0.4) is 0 Å². The SMILES string of the molecule is CCS(=O)(=O)CCCn1cc(Br)c(=O)[nH]c1=O. The summed E-state index contributed by atoms with van der Waals surface area (Å²) in [5.41, 5.74) is -1.03. The third-order valence-electron chi connectivity index (χ3n) is 2.26. The van der Waals surface area contributed by atoms with Gasteiger partial charge >= 0.3 is 5.69 Å². The number of sulfone groups is 1. The van der Waals surface area contributed by atoms with Crippen molar-refractivity contribution in [3.8, 4) is 0 Å². The Morgan fingerprint density at radius 3 is 2.65 bits per heavy atom. The van der Waals surface area contributed by atoms with Gasteiger partial charge in [-0.1, -0.05) is 6.92 Å². The van der Waals surface area contributed by atoms with Gasteiger partial charge in [0, 0.05) is 18.5 Å². The van der Waals surface area contributed by atoms with Crippen LogP contribution in [0.25, 0.3) is 0 Å². The standard InChI is InChI=1S/C9H13BrN2O4S/c1-2-17(15,16)5-3-4-12-6-7(10)8(13)11-9(12)14/h6H,2-5H2,1H3,(H,11,13,14). The van der Waals surface area contributed by atoms with Crippen LogP contribution >= 0.6 is 15.9 Å². The first-order valence-electron chi connectivity index (χ1n) is 5.05. The van der Waals surface area contributed by atoms with E-state index < -0.39 is 21.1 Å². The number of H-pyrrole nitrogens is 1. The van der Waals surface area contributed by atoms with E-state index in [1.54, 1.807) is 6.92 Å². The molecule has 0 radical (unpaired) electrons. The minimum Gasteiger partial charge on any atom is -0.299 e. The van der Waals surface area contributed by atoms with Crippen molar-refractivity contribution in [2.75, 3.05) is 11.5 Å². The summed E-state index contributed by atoms with van der Waals surface area (Å²) >= 11 is 3.00. The third-order valence-corrected chi connectivity index (χ3v) is 4.62. The Labute approximate surface area is 107 Å². The lowest BCUT2D eigenvalue weighted by molar-refractivity contribution is 0.581. The van der Waals surface area contributed by atoms with Crippen molar-refractivity contribution < 1.29 is 8.42 Å². The van der Waals surface area contributed by atoms with Crippen LogP contribution < -0.4 is 11.2 Å². The molecule has 8 heteroatoms. The van der Waals surface area contributed by atoms with Crippen LogP contribution in [0.5, 0.6) is 0 Å². The van der Waals surface area contributed by atoms with Crippen molar-refractivity contribution in [2.45, 2.75) is 19.9 Å². The van der Waals surface area contributed by atoms with E-state index in [4.69, 9.17) is 0 Å². The largest absolute Gasteiger partial charge is 0.328 e. The van der Waals surface area contributed by atoms with Gasteiger partial charge in [-0.15, -0.1) is 0 Å². The molecule has 0 amide bonds. The number of halogens is 1. The molecule has 1 heterocycles. The molecule has 1 N–H and O–H groups in total. The summed E-state index contributed by atoms with van der Waals surface area (Å²) in [5.74, 6) is 0.129. The number of hydrogen-bond acceptors (Lipinski definition) is 4. The van der Waals surface area contributed by atoms with E-state index in [9.17, 15) is 18.0 Å². The predicted molar refractivity (Wildman–Crippen MR) is 68.0 cm³/mol. The summed E-state index contributed by atoms with van der Waals surface area (Å²) in [6.45, 7) is 1.84. The fourth-order valence-corrected chi connectivity index (χ4v) is 2.45. The zero-order valence-electron chi connectivity index (χ0n) is 9.27. The zero-order valence-corrected chi connectivity index (χ0v) is 11.7. The number of aromatic amines is 1. The van der Waals surface area contributed by atoms with E-state index in [-0.39, 0.29) is 22.5 Å². The topological polar surface area (TPSA) is 89.0 Å². The predicted octanol–water partition coefficient (Wildman–Crippen LogP) is 0.124. The summed E-state index contributed by atoms with van der Waals surface area (Å²) in [6.07, 6.45) is 1.70. The maximum absolute atomic E-state index is 11.4. The van der Waals surface area contributed by atoms with Gasteiger partial charge in [0.2, 0.25) is 0 Å². The summed E-state index contributed by atoms with van der Waals surface area (Å²) in [5, 5.41) is 0. The van der Waals surface area contributed by atoms with Gasteiger partial charge in [-0.25, -0.2) is 13.2 Å². The van der Waals surface area contributed by atoms with Crippen molar-refractivity contribution in [1.29, 1.82) is 0 Å². The molecule has 0 bridgehead atoms. The Hall–Kier alpha value is -0.890. The second-order valence-electron chi connectivity index (χ2n) is 3.52. The molecule has 0 aliphatic heterocycles. The molecule has 96 valence electrons. The fourth-order valence-electron chi connectivity index (χ4n) is 1.25. The number of nitrogens with one attached hydrogen (secondary N) is 1. The fraction of sp³-hybridized carbons (Fsp3) is 0.556. The second kappa shape index (κ2) is 5.63. The van der Waals surface area contributed by atoms with Gasteiger partial charge in [0.25, 0.3) is 5.56 Å². The molecule has 0 saturated heterocycles. The third kappa shape index (κ3) is 4.12. The lowest BCUT2D eigenvalue weighted by atomic mass is 10.4. The van der Waals surface area contributed by atoms with E-state index in [0.29, 0.717) is 6.42 Å². The molecule has 0 saturated carbocycles. The molecular weight excluding hydrogens is 312 g/mol. The van der Waals surface area contributed by atoms with E-state index in [1.165, 1.54) is 10.8 Å². The molecule has 1 rings (SSSR count). The number of nitrogens with zero attached hydrogens (tertiary/aromatic N) is 1.